The van der Waals surface area contributed by atoms with Gasteiger partial charge >= 0.3 is 0 Å². The zero-order valence-electron chi connectivity index (χ0n) is 11.7. The van der Waals surface area contributed by atoms with Crippen LogP contribution in [0.4, 0.5) is 5.95 Å². The zero-order chi connectivity index (χ0) is 13.3. The highest BCUT2D eigenvalue weighted by Gasteiger charge is 2.43. The fraction of sp³-hybridized carbons (Fsp3) is 0.714. The highest BCUT2D eigenvalue weighted by Crippen LogP contribution is 2.37. The molecule has 2 aliphatic heterocycles. The third-order valence-electron chi connectivity index (χ3n) is 4.43. The average Bonchev–Trinajstić information content (AvgIpc) is 2.85. The Hall–Kier alpha value is -1.20. The van der Waals surface area contributed by atoms with Crippen LogP contribution in [0.25, 0.3) is 0 Å². The van der Waals surface area contributed by atoms with Crippen molar-refractivity contribution in [3.8, 4) is 0 Å². The molecule has 3 rings (SSSR count). The number of anilines is 1. The van der Waals surface area contributed by atoms with Crippen molar-refractivity contribution in [1.82, 2.24) is 14.9 Å². The number of likely N-dealkylation sites (N-methyl/N-ethyl adjacent to an activating group) is 1. The number of ether oxygens (including phenoxy) is 1. The van der Waals surface area contributed by atoms with Crippen molar-refractivity contribution >= 4 is 5.95 Å². The van der Waals surface area contributed by atoms with Crippen LogP contribution in [0.5, 0.6) is 0 Å². The minimum absolute atomic E-state index is 0.0974. The molecule has 1 aromatic rings. The third-order valence-corrected chi connectivity index (χ3v) is 4.43. The molecule has 0 N–H and O–H groups in total. The molecule has 0 aromatic carbocycles. The summed E-state index contributed by atoms with van der Waals surface area (Å²) in [7, 11) is 4.28. The number of hydrogen-bond acceptors (Lipinski definition) is 5. The maximum atomic E-state index is 6.13. The summed E-state index contributed by atoms with van der Waals surface area (Å²) in [6, 6.07) is 2.43. The van der Waals surface area contributed by atoms with Crippen LogP contribution in [-0.4, -0.2) is 60.3 Å². The van der Waals surface area contributed by atoms with E-state index < -0.39 is 0 Å². The SMILES string of the molecule is CN(C)C1COC2(CCN(c3ncccn3)CC2)C1. The molecule has 5 heteroatoms. The van der Waals surface area contributed by atoms with Crippen LogP contribution in [0, 0.1) is 0 Å². The number of nitrogens with zero attached hydrogens (tertiary/aromatic N) is 4. The van der Waals surface area contributed by atoms with Gasteiger partial charge in [-0.2, -0.15) is 0 Å². The standard InChI is InChI=1S/C14H22N4O/c1-17(2)12-10-14(19-11-12)4-8-18(9-5-14)13-15-6-3-7-16-13/h3,6-7,12H,4-5,8-11H2,1-2H3. The second-order valence-electron chi connectivity index (χ2n) is 5.85. The Bertz CT molecular complexity index is 415. The fourth-order valence-electron chi connectivity index (χ4n) is 3.07. The fourth-order valence-corrected chi connectivity index (χ4v) is 3.07. The van der Waals surface area contributed by atoms with E-state index >= 15 is 0 Å². The van der Waals surface area contributed by atoms with E-state index in [9.17, 15) is 0 Å². The Morgan fingerprint density at radius 1 is 1.26 bits per heavy atom. The topological polar surface area (TPSA) is 41.5 Å². The monoisotopic (exact) mass is 262 g/mol. The van der Waals surface area contributed by atoms with E-state index in [1.807, 2.05) is 6.07 Å². The molecule has 2 saturated heterocycles. The first kappa shape index (κ1) is 12.8. The van der Waals surface area contributed by atoms with E-state index in [1.165, 1.54) is 0 Å². The van der Waals surface area contributed by atoms with Crippen LogP contribution in [0.2, 0.25) is 0 Å². The van der Waals surface area contributed by atoms with Crippen molar-refractivity contribution < 1.29 is 4.74 Å². The van der Waals surface area contributed by atoms with Gasteiger partial charge in [-0.05, 0) is 39.4 Å². The molecule has 104 valence electrons. The molecular weight excluding hydrogens is 240 g/mol. The minimum Gasteiger partial charge on any atom is -0.373 e. The molecular formula is C14H22N4O. The van der Waals surface area contributed by atoms with Crippen LogP contribution in [0.1, 0.15) is 19.3 Å². The molecule has 0 amide bonds. The van der Waals surface area contributed by atoms with Crippen LogP contribution in [0.3, 0.4) is 0 Å². The van der Waals surface area contributed by atoms with Gasteiger partial charge in [0.15, 0.2) is 0 Å². The second kappa shape index (κ2) is 5.06. The molecule has 1 atom stereocenters. The molecule has 5 nitrogen and oxygen atoms in total. The second-order valence-corrected chi connectivity index (χ2v) is 5.85. The number of aromatic nitrogens is 2. The predicted molar refractivity (Wildman–Crippen MR) is 74.3 cm³/mol. The number of piperidine rings is 1. The van der Waals surface area contributed by atoms with Crippen molar-refractivity contribution in [1.29, 1.82) is 0 Å². The van der Waals surface area contributed by atoms with Crippen LogP contribution in [0.15, 0.2) is 18.5 Å². The molecule has 3 heterocycles. The summed E-state index contributed by atoms with van der Waals surface area (Å²) >= 11 is 0. The molecule has 19 heavy (non-hydrogen) atoms. The first-order valence-electron chi connectivity index (χ1n) is 7.01. The first-order chi connectivity index (χ1) is 9.19. The van der Waals surface area contributed by atoms with E-state index in [1.54, 1.807) is 12.4 Å². The van der Waals surface area contributed by atoms with Gasteiger partial charge in [0.2, 0.25) is 5.95 Å². The average molecular weight is 262 g/mol. The van der Waals surface area contributed by atoms with Gasteiger partial charge < -0.3 is 14.5 Å². The van der Waals surface area contributed by atoms with Gasteiger partial charge in [-0.25, -0.2) is 9.97 Å². The van der Waals surface area contributed by atoms with E-state index in [4.69, 9.17) is 4.74 Å². The molecule has 1 spiro atoms. The van der Waals surface area contributed by atoms with Crippen LogP contribution >= 0.6 is 0 Å². The van der Waals surface area contributed by atoms with Gasteiger partial charge in [-0.3, -0.25) is 0 Å². The van der Waals surface area contributed by atoms with Crippen molar-refractivity contribution in [3.63, 3.8) is 0 Å². The zero-order valence-corrected chi connectivity index (χ0v) is 11.7. The Kier molecular flexibility index (Phi) is 3.41. The summed E-state index contributed by atoms with van der Waals surface area (Å²) in [4.78, 5) is 13.2. The molecule has 0 bridgehead atoms. The quantitative estimate of drug-likeness (QED) is 0.800. The maximum Gasteiger partial charge on any atom is 0.225 e. The molecule has 0 aliphatic carbocycles. The normalized spacial score (nSPS) is 26.3. The van der Waals surface area contributed by atoms with Crippen molar-refractivity contribution in [2.45, 2.75) is 30.9 Å². The Morgan fingerprint density at radius 2 is 1.95 bits per heavy atom. The Labute approximate surface area is 114 Å². The highest BCUT2D eigenvalue weighted by atomic mass is 16.5. The summed E-state index contributed by atoms with van der Waals surface area (Å²) in [5, 5.41) is 0. The summed E-state index contributed by atoms with van der Waals surface area (Å²) in [5.41, 5.74) is 0.0974. The molecule has 0 saturated carbocycles. The van der Waals surface area contributed by atoms with Gasteiger partial charge in [-0.15, -0.1) is 0 Å². The number of rotatable bonds is 2. The smallest absolute Gasteiger partial charge is 0.225 e. The van der Waals surface area contributed by atoms with Crippen molar-refractivity contribution in [2.75, 3.05) is 38.7 Å². The summed E-state index contributed by atoms with van der Waals surface area (Å²) in [6.45, 7) is 2.85. The van der Waals surface area contributed by atoms with Crippen molar-refractivity contribution in [3.05, 3.63) is 18.5 Å². The lowest BCUT2D eigenvalue weighted by atomic mass is 9.87. The maximum absolute atomic E-state index is 6.13. The largest absolute Gasteiger partial charge is 0.373 e. The molecule has 0 radical (unpaired) electrons. The summed E-state index contributed by atoms with van der Waals surface area (Å²) in [6.07, 6.45) is 6.93. The van der Waals surface area contributed by atoms with E-state index in [2.05, 4.69) is 33.9 Å². The molecule has 1 aromatic heterocycles. The predicted octanol–water partition coefficient (Wildman–Crippen LogP) is 1.17. The molecule has 2 aliphatic rings. The lowest BCUT2D eigenvalue weighted by Gasteiger charge is -2.38. The van der Waals surface area contributed by atoms with Crippen LogP contribution < -0.4 is 4.90 Å². The highest BCUT2D eigenvalue weighted by molar-refractivity contribution is 5.29. The first-order valence-corrected chi connectivity index (χ1v) is 7.01. The lowest BCUT2D eigenvalue weighted by Crippen LogP contribution is -2.45. The Morgan fingerprint density at radius 3 is 2.53 bits per heavy atom. The summed E-state index contributed by atoms with van der Waals surface area (Å²) in [5.74, 6) is 0.847. The molecule has 2 fully saturated rings. The van der Waals surface area contributed by atoms with Gasteiger partial charge in [-0.1, -0.05) is 0 Å². The number of hydrogen-bond donors (Lipinski definition) is 0. The van der Waals surface area contributed by atoms with Gasteiger partial charge in [0, 0.05) is 31.5 Å². The van der Waals surface area contributed by atoms with E-state index in [0.717, 1.165) is 44.9 Å². The minimum atomic E-state index is 0.0974. The molecule has 1 unspecified atom stereocenters. The van der Waals surface area contributed by atoms with Gasteiger partial charge in [0.25, 0.3) is 0 Å². The van der Waals surface area contributed by atoms with Gasteiger partial charge in [0.05, 0.1) is 12.2 Å². The van der Waals surface area contributed by atoms with E-state index in [0.29, 0.717) is 6.04 Å². The van der Waals surface area contributed by atoms with Crippen molar-refractivity contribution in [2.24, 2.45) is 0 Å². The van der Waals surface area contributed by atoms with E-state index in [-0.39, 0.29) is 5.60 Å². The Balaban J connectivity index is 1.61. The third kappa shape index (κ3) is 2.58. The van der Waals surface area contributed by atoms with Gasteiger partial charge in [0.1, 0.15) is 0 Å². The van der Waals surface area contributed by atoms with Crippen LogP contribution in [-0.2, 0) is 4.74 Å². The lowest BCUT2D eigenvalue weighted by molar-refractivity contribution is -0.0157. The summed E-state index contributed by atoms with van der Waals surface area (Å²) < 4.78 is 6.13.